The summed E-state index contributed by atoms with van der Waals surface area (Å²) in [7, 11) is 0. The summed E-state index contributed by atoms with van der Waals surface area (Å²) in [5, 5.41) is 0. The van der Waals surface area contributed by atoms with Gasteiger partial charge in [0.25, 0.3) is 0 Å². The number of rotatable bonds is 3. The van der Waals surface area contributed by atoms with Crippen molar-refractivity contribution in [2.75, 3.05) is 18.0 Å². The molecule has 0 spiro atoms. The van der Waals surface area contributed by atoms with Crippen LogP contribution in [-0.4, -0.2) is 30.9 Å². The van der Waals surface area contributed by atoms with Crippen molar-refractivity contribution in [1.82, 2.24) is 0 Å². The van der Waals surface area contributed by atoms with Crippen molar-refractivity contribution >= 4 is 18.1 Å². The molecule has 1 saturated heterocycles. The highest BCUT2D eigenvalue weighted by atomic mass is 16.6. The number of ether oxygens (including phenoxy) is 1. The molecule has 2 rings (SSSR count). The van der Waals surface area contributed by atoms with Crippen LogP contribution in [0.5, 0.6) is 0 Å². The van der Waals surface area contributed by atoms with Crippen molar-refractivity contribution in [2.24, 2.45) is 5.92 Å². The van der Waals surface area contributed by atoms with Gasteiger partial charge in [-0.25, -0.2) is 0 Å². The van der Waals surface area contributed by atoms with Crippen molar-refractivity contribution in [1.29, 1.82) is 0 Å². The Morgan fingerprint density at radius 3 is 2.50 bits per heavy atom. The maximum absolute atomic E-state index is 12.0. The van der Waals surface area contributed by atoms with Gasteiger partial charge in [-0.05, 0) is 39.7 Å². The minimum atomic E-state index is -0.436. The number of carbonyl (C=O) groups is 2. The Bertz CT molecular complexity index is 478. The monoisotopic (exact) mass is 279 g/mol. The molecular weight excluding hydrogens is 258 g/mol. The van der Waals surface area contributed by atoms with Gasteiger partial charge in [-0.3, -0.25) is 9.59 Å². The predicted octanol–water partition coefficient (Wildman–Crippen LogP) is 2.65. The highest BCUT2D eigenvalue weighted by Gasteiger charge is 2.29. The maximum Gasteiger partial charge on any atom is 0.309 e. The second-order valence-electron chi connectivity index (χ2n) is 6.09. The standard InChI is InChI=1S/C15H21NO4/c1-15(2,3)20-14(18)11-6-8-16(9-7-11)13-5-4-12(10-17)19-13/h4-5,10-11H,6-9H2,1-3H3. The van der Waals surface area contributed by atoms with E-state index in [0.29, 0.717) is 17.9 Å². The Hall–Kier alpha value is -1.78. The molecule has 5 nitrogen and oxygen atoms in total. The highest BCUT2D eigenvalue weighted by molar-refractivity contribution is 5.73. The number of piperidine rings is 1. The first-order valence-corrected chi connectivity index (χ1v) is 6.92. The number of nitrogens with zero attached hydrogens (tertiary/aromatic N) is 1. The summed E-state index contributed by atoms with van der Waals surface area (Å²) in [6, 6.07) is 3.44. The summed E-state index contributed by atoms with van der Waals surface area (Å²) in [6.07, 6.45) is 2.18. The molecule has 0 saturated carbocycles. The van der Waals surface area contributed by atoms with Gasteiger partial charge in [-0.2, -0.15) is 0 Å². The summed E-state index contributed by atoms with van der Waals surface area (Å²) in [4.78, 5) is 24.6. The van der Waals surface area contributed by atoms with E-state index in [1.807, 2.05) is 25.7 Å². The van der Waals surface area contributed by atoms with E-state index in [1.165, 1.54) is 0 Å². The molecule has 1 aliphatic rings. The third-order valence-corrected chi connectivity index (χ3v) is 3.28. The van der Waals surface area contributed by atoms with Crippen LogP contribution in [-0.2, 0) is 9.53 Å². The van der Waals surface area contributed by atoms with Gasteiger partial charge >= 0.3 is 5.97 Å². The smallest absolute Gasteiger partial charge is 0.309 e. The second kappa shape index (κ2) is 5.69. The molecule has 0 atom stereocenters. The van der Waals surface area contributed by atoms with Gasteiger partial charge in [0.2, 0.25) is 0 Å². The van der Waals surface area contributed by atoms with Crippen molar-refractivity contribution in [3.8, 4) is 0 Å². The minimum absolute atomic E-state index is 0.0500. The molecule has 1 fully saturated rings. The summed E-state index contributed by atoms with van der Waals surface area (Å²) in [5.41, 5.74) is -0.436. The van der Waals surface area contributed by atoms with Crippen LogP contribution < -0.4 is 4.90 Å². The first-order valence-electron chi connectivity index (χ1n) is 6.92. The Labute approximate surface area is 118 Å². The molecule has 110 valence electrons. The molecule has 5 heteroatoms. The summed E-state index contributed by atoms with van der Waals surface area (Å²) < 4.78 is 10.8. The summed E-state index contributed by atoms with van der Waals surface area (Å²) in [6.45, 7) is 7.10. The van der Waals surface area contributed by atoms with E-state index in [-0.39, 0.29) is 11.9 Å². The first-order chi connectivity index (χ1) is 9.39. The molecule has 1 aromatic rings. The molecule has 1 aromatic heterocycles. The maximum atomic E-state index is 12.0. The lowest BCUT2D eigenvalue weighted by Crippen LogP contribution is -2.38. The number of esters is 1. The number of anilines is 1. The third-order valence-electron chi connectivity index (χ3n) is 3.28. The average Bonchev–Trinajstić information content (AvgIpc) is 2.85. The van der Waals surface area contributed by atoms with Crippen molar-refractivity contribution < 1.29 is 18.7 Å². The zero-order valence-electron chi connectivity index (χ0n) is 12.2. The van der Waals surface area contributed by atoms with Crippen LogP contribution in [0.1, 0.15) is 44.2 Å². The molecule has 1 aliphatic heterocycles. The fraction of sp³-hybridized carbons (Fsp3) is 0.600. The molecule has 0 bridgehead atoms. The lowest BCUT2D eigenvalue weighted by Gasteiger charge is -2.32. The lowest BCUT2D eigenvalue weighted by molar-refractivity contribution is -0.160. The Balaban J connectivity index is 1.89. The minimum Gasteiger partial charge on any atom is -0.460 e. The number of furan rings is 1. The Morgan fingerprint density at radius 2 is 2.00 bits per heavy atom. The predicted molar refractivity (Wildman–Crippen MR) is 74.9 cm³/mol. The van der Waals surface area contributed by atoms with E-state index < -0.39 is 5.60 Å². The molecule has 2 heterocycles. The zero-order valence-corrected chi connectivity index (χ0v) is 12.2. The molecule has 0 aliphatic carbocycles. The van der Waals surface area contributed by atoms with Crippen LogP contribution in [0.2, 0.25) is 0 Å². The summed E-state index contributed by atoms with van der Waals surface area (Å²) in [5.74, 6) is 0.847. The number of aldehydes is 1. The van der Waals surface area contributed by atoms with E-state index in [4.69, 9.17) is 9.15 Å². The fourth-order valence-electron chi connectivity index (χ4n) is 2.30. The molecule has 0 aromatic carbocycles. The quantitative estimate of drug-likeness (QED) is 0.629. The van der Waals surface area contributed by atoms with Gasteiger partial charge in [-0.15, -0.1) is 0 Å². The van der Waals surface area contributed by atoms with Gasteiger partial charge in [0.05, 0.1) is 5.92 Å². The van der Waals surface area contributed by atoms with Crippen molar-refractivity contribution in [3.05, 3.63) is 17.9 Å². The molecule has 0 radical (unpaired) electrons. The van der Waals surface area contributed by atoms with E-state index >= 15 is 0 Å². The molecule has 0 unspecified atom stereocenters. The topological polar surface area (TPSA) is 59.8 Å². The molecule has 0 amide bonds. The van der Waals surface area contributed by atoms with E-state index in [1.54, 1.807) is 12.1 Å². The van der Waals surface area contributed by atoms with Crippen LogP contribution in [0.25, 0.3) is 0 Å². The van der Waals surface area contributed by atoms with E-state index in [0.717, 1.165) is 25.9 Å². The van der Waals surface area contributed by atoms with Crippen molar-refractivity contribution in [3.63, 3.8) is 0 Å². The largest absolute Gasteiger partial charge is 0.460 e. The van der Waals surface area contributed by atoms with Crippen molar-refractivity contribution in [2.45, 2.75) is 39.2 Å². The van der Waals surface area contributed by atoms with Crippen LogP contribution >= 0.6 is 0 Å². The number of hydrogen-bond acceptors (Lipinski definition) is 5. The van der Waals surface area contributed by atoms with Gasteiger partial charge in [0.1, 0.15) is 5.60 Å². The Morgan fingerprint density at radius 1 is 1.35 bits per heavy atom. The molecule has 0 N–H and O–H groups in total. The fourth-order valence-corrected chi connectivity index (χ4v) is 2.30. The number of carbonyl (C=O) groups excluding carboxylic acids is 2. The normalized spacial score (nSPS) is 17.1. The van der Waals surface area contributed by atoms with E-state index in [2.05, 4.69) is 0 Å². The SMILES string of the molecule is CC(C)(C)OC(=O)C1CCN(c2ccc(C=O)o2)CC1. The van der Waals surface area contributed by atoms with Gasteiger partial charge < -0.3 is 14.1 Å². The Kier molecular flexibility index (Phi) is 4.16. The number of hydrogen-bond donors (Lipinski definition) is 0. The molecule has 20 heavy (non-hydrogen) atoms. The van der Waals surface area contributed by atoms with Crippen LogP contribution in [0, 0.1) is 5.92 Å². The third kappa shape index (κ3) is 3.62. The van der Waals surface area contributed by atoms with Crippen LogP contribution in [0.3, 0.4) is 0 Å². The van der Waals surface area contributed by atoms with Gasteiger partial charge in [-0.1, -0.05) is 0 Å². The van der Waals surface area contributed by atoms with Gasteiger partial charge in [0, 0.05) is 19.2 Å². The lowest BCUT2D eigenvalue weighted by atomic mass is 9.97. The second-order valence-corrected chi connectivity index (χ2v) is 6.09. The summed E-state index contributed by atoms with van der Waals surface area (Å²) >= 11 is 0. The van der Waals surface area contributed by atoms with Crippen LogP contribution in [0.15, 0.2) is 16.5 Å². The first kappa shape index (κ1) is 14.6. The van der Waals surface area contributed by atoms with Gasteiger partial charge in [0.15, 0.2) is 17.9 Å². The average molecular weight is 279 g/mol. The van der Waals surface area contributed by atoms with E-state index in [9.17, 15) is 9.59 Å². The zero-order chi connectivity index (χ0) is 14.8. The highest BCUT2D eigenvalue weighted by Crippen LogP contribution is 2.26. The van der Waals surface area contributed by atoms with Crippen LogP contribution in [0.4, 0.5) is 5.88 Å². The molecular formula is C15H21NO4.